The van der Waals surface area contributed by atoms with Crippen LogP contribution < -0.4 is 10.6 Å². The van der Waals surface area contributed by atoms with Crippen LogP contribution >= 0.6 is 0 Å². The summed E-state index contributed by atoms with van der Waals surface area (Å²) in [4.78, 5) is 33.7. The van der Waals surface area contributed by atoms with Crippen LogP contribution in [0.2, 0.25) is 0 Å². The van der Waals surface area contributed by atoms with Crippen LogP contribution in [0.5, 0.6) is 0 Å². The monoisotopic (exact) mass is 447 g/mol. The van der Waals surface area contributed by atoms with Crippen molar-refractivity contribution in [1.29, 1.82) is 0 Å². The van der Waals surface area contributed by atoms with Crippen LogP contribution in [0.15, 0.2) is 85.3 Å². The highest BCUT2D eigenvalue weighted by Crippen LogP contribution is 2.34. The summed E-state index contributed by atoms with van der Waals surface area (Å²) in [6.07, 6.45) is 4.97. The van der Waals surface area contributed by atoms with Gasteiger partial charge in [-0.25, -0.2) is 19.9 Å². The van der Waals surface area contributed by atoms with Gasteiger partial charge in [-0.1, -0.05) is 48.5 Å². The van der Waals surface area contributed by atoms with E-state index in [4.69, 9.17) is 9.97 Å². The minimum atomic E-state index is -0.232. The number of hydrogen-bond donors (Lipinski definition) is 2. The van der Waals surface area contributed by atoms with E-state index in [1.807, 2.05) is 48.5 Å². The number of hydrogen-bond acceptors (Lipinski definition) is 7. The zero-order chi connectivity index (χ0) is 23.3. The molecule has 8 heteroatoms. The molecule has 0 spiro atoms. The Bertz CT molecular complexity index is 1440. The molecule has 8 nitrogen and oxygen atoms in total. The SMILES string of the molecule is CC(=O)Nc1ncc(-c2nc(NCc3ccccn3)c3c(-c4ccccc4)cccc3n2)cn1. The van der Waals surface area contributed by atoms with Crippen molar-refractivity contribution in [2.24, 2.45) is 0 Å². The third-order valence-corrected chi connectivity index (χ3v) is 5.17. The summed E-state index contributed by atoms with van der Waals surface area (Å²) in [7, 11) is 0. The van der Waals surface area contributed by atoms with Gasteiger partial charge in [0.05, 0.1) is 28.7 Å². The molecule has 0 aliphatic rings. The Kier molecular flexibility index (Phi) is 5.85. The van der Waals surface area contributed by atoms with Gasteiger partial charge in [-0.15, -0.1) is 0 Å². The number of benzene rings is 2. The van der Waals surface area contributed by atoms with Crippen LogP contribution in [0.3, 0.4) is 0 Å². The van der Waals surface area contributed by atoms with Crippen LogP contribution in [0, 0.1) is 0 Å². The van der Waals surface area contributed by atoms with Crippen molar-refractivity contribution in [2.45, 2.75) is 13.5 Å². The van der Waals surface area contributed by atoms with E-state index in [0.717, 1.165) is 27.7 Å². The minimum absolute atomic E-state index is 0.232. The van der Waals surface area contributed by atoms with Gasteiger partial charge in [0.25, 0.3) is 0 Å². The summed E-state index contributed by atoms with van der Waals surface area (Å²) in [6, 6.07) is 22.0. The largest absolute Gasteiger partial charge is 0.364 e. The molecule has 0 unspecified atom stereocenters. The number of rotatable bonds is 6. The van der Waals surface area contributed by atoms with E-state index in [2.05, 4.69) is 43.8 Å². The fraction of sp³-hybridized carbons (Fsp3) is 0.0769. The number of nitrogens with one attached hydrogen (secondary N) is 2. The van der Waals surface area contributed by atoms with Crippen molar-refractivity contribution in [3.05, 3.63) is 91.0 Å². The van der Waals surface area contributed by atoms with Gasteiger partial charge in [-0.3, -0.25) is 15.1 Å². The quantitative estimate of drug-likeness (QED) is 0.388. The Hall–Kier alpha value is -4.72. The highest BCUT2D eigenvalue weighted by atomic mass is 16.1. The van der Waals surface area contributed by atoms with Crippen LogP contribution in [-0.2, 0) is 11.3 Å². The van der Waals surface area contributed by atoms with Gasteiger partial charge in [0.15, 0.2) is 5.82 Å². The van der Waals surface area contributed by atoms with E-state index in [9.17, 15) is 4.79 Å². The van der Waals surface area contributed by atoms with Gasteiger partial charge in [0.1, 0.15) is 5.82 Å². The van der Waals surface area contributed by atoms with E-state index in [-0.39, 0.29) is 11.9 Å². The molecule has 0 aliphatic carbocycles. The molecule has 3 heterocycles. The molecular weight excluding hydrogens is 426 g/mol. The summed E-state index contributed by atoms with van der Waals surface area (Å²) in [5.41, 5.74) is 4.44. The predicted molar refractivity (Wildman–Crippen MR) is 132 cm³/mol. The molecule has 0 bridgehead atoms. The lowest BCUT2D eigenvalue weighted by Crippen LogP contribution is -2.09. The van der Waals surface area contributed by atoms with E-state index >= 15 is 0 Å². The van der Waals surface area contributed by atoms with Crippen molar-refractivity contribution in [3.8, 4) is 22.5 Å². The van der Waals surface area contributed by atoms with Gasteiger partial charge < -0.3 is 5.32 Å². The molecule has 5 aromatic rings. The zero-order valence-electron chi connectivity index (χ0n) is 18.4. The van der Waals surface area contributed by atoms with E-state index in [0.29, 0.717) is 23.8 Å². The van der Waals surface area contributed by atoms with Gasteiger partial charge in [0.2, 0.25) is 11.9 Å². The third kappa shape index (κ3) is 4.56. The molecule has 0 atom stereocenters. The van der Waals surface area contributed by atoms with Gasteiger partial charge >= 0.3 is 0 Å². The minimum Gasteiger partial charge on any atom is -0.364 e. The second-order valence-electron chi connectivity index (χ2n) is 7.61. The Morgan fingerprint density at radius 3 is 2.35 bits per heavy atom. The molecule has 5 rings (SSSR count). The Balaban J connectivity index is 1.62. The summed E-state index contributed by atoms with van der Waals surface area (Å²) in [6.45, 7) is 1.92. The molecule has 2 N–H and O–H groups in total. The van der Waals surface area contributed by atoms with Crippen LogP contribution in [-0.4, -0.2) is 30.8 Å². The Morgan fingerprint density at radius 2 is 1.62 bits per heavy atom. The number of carbonyl (C=O) groups is 1. The first-order chi connectivity index (χ1) is 16.7. The number of amides is 1. The van der Waals surface area contributed by atoms with Crippen molar-refractivity contribution in [3.63, 3.8) is 0 Å². The van der Waals surface area contributed by atoms with E-state index in [1.54, 1.807) is 18.6 Å². The number of pyridine rings is 1. The summed E-state index contributed by atoms with van der Waals surface area (Å²) < 4.78 is 0. The Morgan fingerprint density at radius 1 is 0.824 bits per heavy atom. The number of fused-ring (bicyclic) bond motifs is 1. The lowest BCUT2D eigenvalue weighted by molar-refractivity contribution is -0.114. The average molecular weight is 448 g/mol. The first kappa shape index (κ1) is 21.1. The maximum atomic E-state index is 11.3. The van der Waals surface area contributed by atoms with E-state index in [1.165, 1.54) is 6.92 Å². The molecule has 166 valence electrons. The predicted octanol–water partition coefficient (Wildman–Crippen LogP) is 4.72. The van der Waals surface area contributed by atoms with Gasteiger partial charge in [-0.05, 0) is 29.3 Å². The summed E-state index contributed by atoms with van der Waals surface area (Å²) >= 11 is 0. The number of aromatic nitrogens is 5. The first-order valence-electron chi connectivity index (χ1n) is 10.8. The van der Waals surface area contributed by atoms with Crippen LogP contribution in [0.4, 0.5) is 11.8 Å². The molecule has 0 fully saturated rings. The van der Waals surface area contributed by atoms with Crippen molar-refractivity contribution in [2.75, 3.05) is 10.6 Å². The molecule has 0 radical (unpaired) electrons. The molecule has 0 saturated carbocycles. The van der Waals surface area contributed by atoms with Gasteiger partial charge in [-0.2, -0.15) is 0 Å². The van der Waals surface area contributed by atoms with Crippen molar-refractivity contribution < 1.29 is 4.79 Å². The van der Waals surface area contributed by atoms with E-state index < -0.39 is 0 Å². The molecule has 1 amide bonds. The maximum Gasteiger partial charge on any atom is 0.229 e. The first-order valence-corrected chi connectivity index (χ1v) is 10.8. The lowest BCUT2D eigenvalue weighted by atomic mass is 10.0. The average Bonchev–Trinajstić information content (AvgIpc) is 2.88. The fourth-order valence-electron chi connectivity index (χ4n) is 3.64. The zero-order valence-corrected chi connectivity index (χ0v) is 18.4. The summed E-state index contributed by atoms with van der Waals surface area (Å²) in [5, 5.41) is 6.94. The normalized spacial score (nSPS) is 10.7. The molecule has 34 heavy (non-hydrogen) atoms. The second kappa shape index (κ2) is 9.41. The standard InChI is InChI=1S/C26H21N7O/c1-17(34)31-26-29-14-19(15-30-26)24-32-22-12-7-11-21(18-8-3-2-4-9-18)23(22)25(33-24)28-16-20-10-5-6-13-27-20/h2-15H,16H2,1H3,(H,28,32,33)(H,29,30,31,34). The van der Waals surface area contributed by atoms with Crippen LogP contribution in [0.25, 0.3) is 33.4 Å². The molecule has 0 saturated heterocycles. The fourth-order valence-corrected chi connectivity index (χ4v) is 3.64. The van der Waals surface area contributed by atoms with Crippen molar-refractivity contribution >= 4 is 28.6 Å². The maximum absolute atomic E-state index is 11.3. The number of nitrogens with zero attached hydrogens (tertiary/aromatic N) is 5. The number of carbonyl (C=O) groups excluding carboxylic acids is 1. The highest BCUT2D eigenvalue weighted by molar-refractivity contribution is 6.02. The lowest BCUT2D eigenvalue weighted by Gasteiger charge is -2.14. The van der Waals surface area contributed by atoms with Crippen molar-refractivity contribution in [1.82, 2.24) is 24.9 Å². The molecule has 2 aromatic carbocycles. The third-order valence-electron chi connectivity index (χ3n) is 5.17. The van der Waals surface area contributed by atoms with Crippen LogP contribution in [0.1, 0.15) is 12.6 Å². The molecule has 0 aliphatic heterocycles. The second-order valence-corrected chi connectivity index (χ2v) is 7.61. The Labute approximate surface area is 196 Å². The highest BCUT2D eigenvalue weighted by Gasteiger charge is 2.15. The number of anilines is 2. The summed E-state index contributed by atoms with van der Waals surface area (Å²) in [5.74, 6) is 1.17. The molecule has 3 aromatic heterocycles. The molecular formula is C26H21N7O. The van der Waals surface area contributed by atoms with Gasteiger partial charge in [0, 0.05) is 25.5 Å². The smallest absolute Gasteiger partial charge is 0.229 e. The topological polar surface area (TPSA) is 106 Å².